The van der Waals surface area contributed by atoms with Crippen molar-refractivity contribution in [3.8, 4) is 0 Å². The van der Waals surface area contributed by atoms with Gasteiger partial charge in [-0.25, -0.2) is 0 Å². The predicted octanol–water partition coefficient (Wildman–Crippen LogP) is 10.8. The van der Waals surface area contributed by atoms with E-state index in [9.17, 15) is 0 Å². The second-order valence-electron chi connectivity index (χ2n) is 11.6. The molecule has 206 valence electrons. The lowest BCUT2D eigenvalue weighted by atomic mass is 9.98. The minimum Gasteiger partial charge on any atom is -0.356 e. The Hall–Kier alpha value is -5.02. The number of nitrogens with one attached hydrogen (secondary N) is 1. The van der Waals surface area contributed by atoms with Gasteiger partial charge in [-0.2, -0.15) is 0 Å². The summed E-state index contributed by atoms with van der Waals surface area (Å²) in [6.07, 6.45) is 8.09. The molecule has 2 aliphatic carbocycles. The molecule has 5 aromatic rings. The largest absolute Gasteiger partial charge is 0.356 e. The fourth-order valence-corrected chi connectivity index (χ4v) is 6.09. The van der Waals surface area contributed by atoms with E-state index in [1.54, 1.807) is 0 Å². The fraction of sp³-hybridized carbons (Fsp3) is 0.128. The smallest absolute Gasteiger partial charge is 0.0464 e. The van der Waals surface area contributed by atoms with Crippen molar-refractivity contribution < 1.29 is 0 Å². The van der Waals surface area contributed by atoms with Gasteiger partial charge in [0, 0.05) is 51.4 Å². The van der Waals surface area contributed by atoms with E-state index in [1.165, 1.54) is 29.1 Å². The van der Waals surface area contributed by atoms with Crippen molar-refractivity contribution in [3.05, 3.63) is 163 Å². The Morgan fingerprint density at radius 1 is 0.595 bits per heavy atom. The molecule has 5 aromatic carbocycles. The lowest BCUT2D eigenvalue weighted by molar-refractivity contribution is 0.663. The van der Waals surface area contributed by atoms with Gasteiger partial charge in [0.05, 0.1) is 0 Å². The van der Waals surface area contributed by atoms with Crippen LogP contribution in [0.1, 0.15) is 18.9 Å². The summed E-state index contributed by atoms with van der Waals surface area (Å²) in [4.78, 5) is 4.71. The molecule has 1 fully saturated rings. The first kappa shape index (κ1) is 25.9. The number of anilines is 7. The van der Waals surface area contributed by atoms with E-state index in [0.717, 1.165) is 28.4 Å². The van der Waals surface area contributed by atoms with Crippen molar-refractivity contribution in [2.75, 3.05) is 15.1 Å². The Bertz CT molecular complexity index is 1740. The summed E-state index contributed by atoms with van der Waals surface area (Å²) in [7, 11) is 0. The Labute approximate surface area is 249 Å². The molecule has 0 radical (unpaired) electrons. The molecule has 42 heavy (non-hydrogen) atoms. The third-order valence-electron chi connectivity index (χ3n) is 8.47. The summed E-state index contributed by atoms with van der Waals surface area (Å²) >= 11 is 0. The van der Waals surface area contributed by atoms with Gasteiger partial charge in [0.15, 0.2) is 0 Å². The SMILES string of the molecule is Cc1cccc(N(c2ccccc2)c2ccc(Nc3ccc(N(C4=CC=CC5(C)CC45)c4ccccc4)cc3)cc2)c1. The number of para-hydroxylation sites is 2. The predicted molar refractivity (Wildman–Crippen MR) is 178 cm³/mol. The van der Waals surface area contributed by atoms with Gasteiger partial charge in [0.2, 0.25) is 0 Å². The van der Waals surface area contributed by atoms with Crippen LogP contribution in [0.3, 0.4) is 0 Å². The van der Waals surface area contributed by atoms with E-state index >= 15 is 0 Å². The first-order chi connectivity index (χ1) is 20.6. The number of nitrogens with zero attached hydrogens (tertiary/aromatic N) is 2. The monoisotopic (exact) mass is 545 g/mol. The molecule has 0 aliphatic heterocycles. The molecule has 3 heteroatoms. The number of hydrogen-bond donors (Lipinski definition) is 1. The molecule has 2 atom stereocenters. The van der Waals surface area contributed by atoms with Crippen LogP contribution in [0, 0.1) is 18.3 Å². The number of aryl methyl sites for hydroxylation is 1. The topological polar surface area (TPSA) is 18.5 Å². The second kappa shape index (κ2) is 10.8. The molecule has 0 bridgehead atoms. The van der Waals surface area contributed by atoms with Crippen LogP contribution in [0.15, 0.2) is 157 Å². The zero-order chi connectivity index (χ0) is 28.5. The van der Waals surface area contributed by atoms with Crippen LogP contribution in [0.25, 0.3) is 0 Å². The minimum atomic E-state index is 0.292. The van der Waals surface area contributed by atoms with Crippen LogP contribution in [0.2, 0.25) is 0 Å². The normalized spacial score (nSPS) is 18.5. The Balaban J connectivity index is 1.13. The van der Waals surface area contributed by atoms with Crippen molar-refractivity contribution in [1.29, 1.82) is 0 Å². The summed E-state index contributed by atoms with van der Waals surface area (Å²) in [6, 6.07) is 47.3. The molecule has 3 nitrogen and oxygen atoms in total. The van der Waals surface area contributed by atoms with Gasteiger partial charge in [-0.3, -0.25) is 0 Å². The summed E-state index contributed by atoms with van der Waals surface area (Å²) < 4.78 is 0. The lowest BCUT2D eigenvalue weighted by Crippen LogP contribution is -2.20. The maximum absolute atomic E-state index is 3.60. The fourth-order valence-electron chi connectivity index (χ4n) is 6.09. The van der Waals surface area contributed by atoms with Gasteiger partial charge in [0.25, 0.3) is 0 Å². The number of allylic oxidation sites excluding steroid dienone is 4. The Kier molecular flexibility index (Phi) is 6.64. The molecule has 7 rings (SSSR count). The molecular weight excluding hydrogens is 510 g/mol. The third kappa shape index (κ3) is 5.10. The zero-order valence-electron chi connectivity index (χ0n) is 24.1. The molecule has 2 aliphatic rings. The highest BCUT2D eigenvalue weighted by Crippen LogP contribution is 2.60. The standard InChI is InChI=1S/C39H35N3/c1-29-11-9-16-36(27-29)41(32-12-5-3-6-13-32)34-22-18-30(19-23-34)40-31-20-24-35(25-21-31)42(33-14-7-4-8-15-33)38-17-10-26-39(2)28-37(38)39/h3-27,37,40H,28H2,1-2H3. The van der Waals surface area contributed by atoms with Gasteiger partial charge in [0.1, 0.15) is 0 Å². The van der Waals surface area contributed by atoms with Gasteiger partial charge < -0.3 is 15.1 Å². The average Bonchev–Trinajstić information content (AvgIpc) is 3.73. The van der Waals surface area contributed by atoms with Crippen LogP contribution in [-0.4, -0.2) is 0 Å². The number of fused-ring (bicyclic) bond motifs is 1. The van der Waals surface area contributed by atoms with Gasteiger partial charge in [-0.1, -0.05) is 67.6 Å². The van der Waals surface area contributed by atoms with Crippen molar-refractivity contribution in [2.45, 2.75) is 20.3 Å². The third-order valence-corrected chi connectivity index (χ3v) is 8.47. The highest BCUT2D eigenvalue weighted by Gasteiger charge is 2.52. The molecule has 1 saturated carbocycles. The van der Waals surface area contributed by atoms with Gasteiger partial charge >= 0.3 is 0 Å². The number of hydrogen-bond acceptors (Lipinski definition) is 3. The van der Waals surface area contributed by atoms with Crippen LogP contribution in [0.5, 0.6) is 0 Å². The summed E-state index contributed by atoms with van der Waals surface area (Å²) in [6.45, 7) is 4.50. The number of rotatable bonds is 8. The Morgan fingerprint density at radius 3 is 1.71 bits per heavy atom. The van der Waals surface area contributed by atoms with E-state index in [4.69, 9.17) is 0 Å². The van der Waals surface area contributed by atoms with E-state index in [2.05, 4.69) is 181 Å². The van der Waals surface area contributed by atoms with E-state index in [1.807, 2.05) is 0 Å². The van der Waals surface area contributed by atoms with Crippen LogP contribution in [-0.2, 0) is 0 Å². The van der Waals surface area contributed by atoms with Gasteiger partial charge in [-0.05, 0) is 115 Å². The average molecular weight is 546 g/mol. The molecule has 1 N–H and O–H groups in total. The van der Waals surface area contributed by atoms with Crippen molar-refractivity contribution >= 4 is 39.8 Å². The first-order valence-corrected chi connectivity index (χ1v) is 14.7. The zero-order valence-corrected chi connectivity index (χ0v) is 24.1. The molecule has 0 aromatic heterocycles. The maximum atomic E-state index is 3.60. The molecular formula is C39H35N3. The van der Waals surface area contributed by atoms with Crippen molar-refractivity contribution in [3.63, 3.8) is 0 Å². The summed E-state index contributed by atoms with van der Waals surface area (Å²) in [5.74, 6) is 0.564. The second-order valence-corrected chi connectivity index (χ2v) is 11.6. The van der Waals surface area contributed by atoms with Gasteiger partial charge in [-0.15, -0.1) is 0 Å². The molecule has 0 heterocycles. The lowest BCUT2D eigenvalue weighted by Gasteiger charge is -2.30. The molecule has 2 unspecified atom stereocenters. The minimum absolute atomic E-state index is 0.292. The van der Waals surface area contributed by atoms with Crippen molar-refractivity contribution in [2.24, 2.45) is 11.3 Å². The quantitative estimate of drug-likeness (QED) is 0.209. The van der Waals surface area contributed by atoms with E-state index < -0.39 is 0 Å². The highest BCUT2D eigenvalue weighted by atomic mass is 15.2. The highest BCUT2D eigenvalue weighted by molar-refractivity contribution is 5.78. The number of benzene rings is 5. The molecule has 0 saturated heterocycles. The van der Waals surface area contributed by atoms with Crippen LogP contribution >= 0.6 is 0 Å². The Morgan fingerprint density at radius 2 is 1.12 bits per heavy atom. The summed E-state index contributed by atoms with van der Waals surface area (Å²) in [5.41, 5.74) is 10.8. The molecule has 0 spiro atoms. The van der Waals surface area contributed by atoms with E-state index in [0.29, 0.717) is 11.3 Å². The van der Waals surface area contributed by atoms with Crippen LogP contribution < -0.4 is 15.1 Å². The molecule has 0 amide bonds. The van der Waals surface area contributed by atoms with Crippen molar-refractivity contribution in [1.82, 2.24) is 0 Å². The van der Waals surface area contributed by atoms with E-state index in [-0.39, 0.29) is 0 Å². The summed E-state index contributed by atoms with van der Waals surface area (Å²) in [5, 5.41) is 3.60. The van der Waals surface area contributed by atoms with Crippen LogP contribution in [0.4, 0.5) is 39.8 Å². The first-order valence-electron chi connectivity index (χ1n) is 14.7. The maximum Gasteiger partial charge on any atom is 0.0464 e.